The van der Waals surface area contributed by atoms with Gasteiger partial charge in [0.05, 0.1) is 11.4 Å². The topological polar surface area (TPSA) is 44.6 Å². The highest BCUT2D eigenvalue weighted by Crippen LogP contribution is 2.35. The molecule has 0 bridgehead atoms. The molecule has 1 saturated carbocycles. The number of unbranched alkanes of at least 4 members (excludes halogenated alkanes) is 1. The van der Waals surface area contributed by atoms with Crippen molar-refractivity contribution in [2.24, 2.45) is 10.9 Å². The highest BCUT2D eigenvalue weighted by Gasteiger charge is 2.41. The molecule has 0 aromatic heterocycles. The first-order valence-electron chi connectivity index (χ1n) is 8.57. The lowest BCUT2D eigenvalue weighted by Crippen LogP contribution is -2.43. The van der Waals surface area contributed by atoms with Crippen LogP contribution in [0, 0.1) is 5.92 Å². The number of halogens is 2. The third-order valence-electron chi connectivity index (χ3n) is 4.90. The summed E-state index contributed by atoms with van der Waals surface area (Å²) in [4.78, 5) is 4.01. The fourth-order valence-corrected chi connectivity index (χ4v) is 3.59. The summed E-state index contributed by atoms with van der Waals surface area (Å²) in [7, 11) is 0. The first kappa shape index (κ1) is 16.4. The molecule has 1 heterocycles. The van der Waals surface area contributed by atoms with Gasteiger partial charge in [-0.15, -0.1) is 0 Å². The number of nitrogens with one attached hydrogen (secondary N) is 1. The summed E-state index contributed by atoms with van der Waals surface area (Å²) >= 11 is 0. The average Bonchev–Trinajstić information content (AvgIpc) is 3.04. The van der Waals surface area contributed by atoms with Gasteiger partial charge in [-0.3, -0.25) is 0 Å². The van der Waals surface area contributed by atoms with Crippen molar-refractivity contribution in [1.82, 2.24) is 0 Å². The van der Waals surface area contributed by atoms with E-state index in [0.717, 1.165) is 18.8 Å². The van der Waals surface area contributed by atoms with E-state index in [1.54, 1.807) is 24.3 Å². The lowest BCUT2D eigenvalue weighted by molar-refractivity contribution is 0.0528. The summed E-state index contributed by atoms with van der Waals surface area (Å²) in [5.41, 5.74) is 0.580. The normalized spacial score (nSPS) is 21.7. The van der Waals surface area contributed by atoms with Crippen LogP contribution >= 0.6 is 0 Å². The highest BCUT2D eigenvalue weighted by molar-refractivity contribution is 6.01. The van der Waals surface area contributed by atoms with Crippen molar-refractivity contribution < 1.29 is 13.9 Å². The summed E-state index contributed by atoms with van der Waals surface area (Å²) < 4.78 is 28.8. The molecule has 1 aliphatic heterocycles. The van der Waals surface area contributed by atoms with Crippen LogP contribution in [0.1, 0.15) is 51.4 Å². The Kier molecular flexibility index (Phi) is 4.95. The number of anilines is 1. The van der Waals surface area contributed by atoms with Crippen LogP contribution in [0.15, 0.2) is 29.3 Å². The largest absolute Gasteiger partial charge is 0.368 e. The lowest BCUT2D eigenvalue weighted by Gasteiger charge is -2.28. The molecular weight excluding hydrogens is 298 g/mol. The van der Waals surface area contributed by atoms with E-state index in [0.29, 0.717) is 17.8 Å². The number of alkyl halides is 2. The number of aliphatic hydroxyl groups is 1. The van der Waals surface area contributed by atoms with Gasteiger partial charge in [0.2, 0.25) is 0 Å². The molecule has 3 rings (SSSR count). The van der Waals surface area contributed by atoms with E-state index < -0.39 is 17.9 Å². The molecule has 2 N–H and O–H groups in total. The number of hydrogen-bond acceptors (Lipinski definition) is 3. The second kappa shape index (κ2) is 6.95. The quantitative estimate of drug-likeness (QED) is 0.733. The standard InChI is InChI=1S/C18H24F2N2O/c19-18(20,12-6-5-9-13-7-1-2-8-13)16-17(23)22-15-11-4-3-10-14(15)21-16/h3-4,10-11,13,17,22-23H,1-2,5-9,12H2. The van der Waals surface area contributed by atoms with Crippen LogP contribution in [0.3, 0.4) is 0 Å². The van der Waals surface area contributed by atoms with Crippen LogP contribution in [-0.4, -0.2) is 23.0 Å². The number of benzene rings is 1. The molecule has 0 radical (unpaired) electrons. The van der Waals surface area contributed by atoms with Crippen molar-refractivity contribution in [3.05, 3.63) is 24.3 Å². The Bertz CT molecular complexity index is 568. The van der Waals surface area contributed by atoms with Crippen molar-refractivity contribution in [2.45, 2.75) is 63.5 Å². The Morgan fingerprint density at radius 2 is 1.91 bits per heavy atom. The summed E-state index contributed by atoms with van der Waals surface area (Å²) in [6.07, 6.45) is 5.75. The number of rotatable bonds is 6. The highest BCUT2D eigenvalue weighted by atomic mass is 19.3. The monoisotopic (exact) mass is 322 g/mol. The SMILES string of the molecule is OC1Nc2ccccc2N=C1C(F)(F)CCCCC1CCCC1. The van der Waals surface area contributed by atoms with Crippen molar-refractivity contribution in [3.8, 4) is 0 Å². The first-order valence-corrected chi connectivity index (χ1v) is 8.57. The van der Waals surface area contributed by atoms with Gasteiger partial charge in [-0.25, -0.2) is 4.99 Å². The van der Waals surface area contributed by atoms with E-state index in [2.05, 4.69) is 10.3 Å². The summed E-state index contributed by atoms with van der Waals surface area (Å²) in [5.74, 6) is -2.34. The van der Waals surface area contributed by atoms with E-state index in [1.807, 2.05) is 0 Å². The zero-order valence-corrected chi connectivity index (χ0v) is 13.3. The van der Waals surface area contributed by atoms with Crippen LogP contribution in [0.25, 0.3) is 0 Å². The van der Waals surface area contributed by atoms with Gasteiger partial charge < -0.3 is 10.4 Å². The fourth-order valence-electron chi connectivity index (χ4n) is 3.59. The van der Waals surface area contributed by atoms with Crippen LogP contribution in [-0.2, 0) is 0 Å². The molecule has 1 aromatic rings. The maximum Gasteiger partial charge on any atom is 0.290 e. The number of nitrogens with zero attached hydrogens (tertiary/aromatic N) is 1. The van der Waals surface area contributed by atoms with E-state index in [9.17, 15) is 13.9 Å². The molecule has 1 aliphatic carbocycles. The third kappa shape index (κ3) is 3.89. The van der Waals surface area contributed by atoms with Crippen LogP contribution in [0.4, 0.5) is 20.2 Å². The molecule has 0 amide bonds. The van der Waals surface area contributed by atoms with Gasteiger partial charge in [-0.2, -0.15) is 8.78 Å². The Hall–Kier alpha value is -1.49. The Morgan fingerprint density at radius 3 is 2.70 bits per heavy atom. The fraction of sp³-hybridized carbons (Fsp3) is 0.611. The van der Waals surface area contributed by atoms with Gasteiger partial charge in [0.25, 0.3) is 5.92 Å². The van der Waals surface area contributed by atoms with E-state index in [4.69, 9.17) is 0 Å². The maximum atomic E-state index is 14.4. The molecule has 0 spiro atoms. The minimum absolute atomic E-state index is 0.251. The Labute approximate surface area is 135 Å². The average molecular weight is 322 g/mol. The van der Waals surface area contributed by atoms with E-state index >= 15 is 0 Å². The minimum Gasteiger partial charge on any atom is -0.368 e. The number of aliphatic imine (C=N–C) groups is 1. The van der Waals surface area contributed by atoms with E-state index in [1.165, 1.54) is 25.7 Å². The molecule has 2 aliphatic rings. The molecule has 1 unspecified atom stereocenters. The Morgan fingerprint density at radius 1 is 1.17 bits per heavy atom. The molecule has 23 heavy (non-hydrogen) atoms. The van der Waals surface area contributed by atoms with Crippen LogP contribution < -0.4 is 5.32 Å². The Balaban J connectivity index is 1.58. The van der Waals surface area contributed by atoms with Gasteiger partial charge in [0, 0.05) is 6.42 Å². The van der Waals surface area contributed by atoms with Crippen LogP contribution in [0.2, 0.25) is 0 Å². The summed E-state index contributed by atoms with van der Waals surface area (Å²) in [6.45, 7) is 0. The van der Waals surface area contributed by atoms with Gasteiger partial charge >= 0.3 is 0 Å². The molecule has 1 fully saturated rings. The third-order valence-corrected chi connectivity index (χ3v) is 4.90. The minimum atomic E-state index is -3.07. The second-order valence-corrected chi connectivity index (χ2v) is 6.66. The smallest absolute Gasteiger partial charge is 0.290 e. The van der Waals surface area contributed by atoms with Crippen molar-refractivity contribution in [3.63, 3.8) is 0 Å². The number of para-hydroxylation sites is 2. The lowest BCUT2D eigenvalue weighted by atomic mass is 9.97. The molecular formula is C18H24F2N2O. The molecule has 5 heteroatoms. The van der Waals surface area contributed by atoms with Crippen LogP contribution in [0.5, 0.6) is 0 Å². The van der Waals surface area contributed by atoms with Crippen molar-refractivity contribution in [1.29, 1.82) is 0 Å². The predicted molar refractivity (Wildman–Crippen MR) is 88.5 cm³/mol. The number of hydrogen-bond donors (Lipinski definition) is 2. The summed E-state index contributed by atoms with van der Waals surface area (Å²) in [5, 5.41) is 12.7. The second-order valence-electron chi connectivity index (χ2n) is 6.66. The summed E-state index contributed by atoms with van der Waals surface area (Å²) in [6, 6.07) is 6.92. The number of aliphatic hydroxyl groups excluding tert-OH is 1. The first-order chi connectivity index (χ1) is 11.1. The number of fused-ring (bicyclic) bond motifs is 1. The molecule has 126 valence electrons. The zero-order chi connectivity index (χ0) is 16.3. The maximum absolute atomic E-state index is 14.4. The zero-order valence-electron chi connectivity index (χ0n) is 13.3. The van der Waals surface area contributed by atoms with Crippen molar-refractivity contribution in [2.75, 3.05) is 5.32 Å². The predicted octanol–water partition coefficient (Wildman–Crippen LogP) is 4.89. The van der Waals surface area contributed by atoms with Gasteiger partial charge in [0.15, 0.2) is 6.23 Å². The molecule has 3 nitrogen and oxygen atoms in total. The van der Waals surface area contributed by atoms with Crippen molar-refractivity contribution >= 4 is 17.1 Å². The molecule has 1 aromatic carbocycles. The molecule has 0 saturated heterocycles. The van der Waals surface area contributed by atoms with Gasteiger partial charge in [-0.05, 0) is 24.5 Å². The van der Waals surface area contributed by atoms with Gasteiger partial charge in [0.1, 0.15) is 5.71 Å². The van der Waals surface area contributed by atoms with Gasteiger partial charge in [-0.1, -0.05) is 50.7 Å². The molecule has 1 atom stereocenters. The van der Waals surface area contributed by atoms with E-state index in [-0.39, 0.29) is 6.42 Å².